The van der Waals surface area contributed by atoms with Gasteiger partial charge in [-0.3, -0.25) is 9.59 Å². The summed E-state index contributed by atoms with van der Waals surface area (Å²) in [5, 5.41) is 18.5. The van der Waals surface area contributed by atoms with Gasteiger partial charge < -0.3 is 15.1 Å². The molecule has 1 aromatic rings. The first-order valence-corrected chi connectivity index (χ1v) is 8.88. The Morgan fingerprint density at radius 2 is 2.00 bits per heavy atom. The Hall–Kier alpha value is -1.88. The normalized spacial score (nSPS) is 22.4. The third-order valence-electron chi connectivity index (χ3n) is 5.20. The van der Waals surface area contributed by atoms with Crippen LogP contribution in [0.2, 0.25) is 0 Å². The molecule has 2 N–H and O–H groups in total. The number of carboxylic acid groups (broad SMARTS) is 1. The van der Waals surface area contributed by atoms with Gasteiger partial charge >= 0.3 is 5.97 Å². The smallest absolute Gasteiger partial charge is 0.303 e. The van der Waals surface area contributed by atoms with E-state index in [0.717, 1.165) is 44.2 Å². The van der Waals surface area contributed by atoms with Crippen LogP contribution in [0.15, 0.2) is 18.2 Å². The number of β-lactam (4-membered cyclic amide) rings is 1. The molecule has 1 heterocycles. The van der Waals surface area contributed by atoms with Crippen molar-refractivity contribution >= 4 is 11.9 Å². The summed E-state index contributed by atoms with van der Waals surface area (Å²) in [7, 11) is 0. The van der Waals surface area contributed by atoms with Gasteiger partial charge in [0.2, 0.25) is 5.91 Å². The molecule has 2 aliphatic rings. The van der Waals surface area contributed by atoms with Crippen LogP contribution in [0.1, 0.15) is 73.8 Å². The van der Waals surface area contributed by atoms with E-state index in [1.54, 1.807) is 0 Å². The van der Waals surface area contributed by atoms with Gasteiger partial charge in [-0.25, -0.2) is 0 Å². The Morgan fingerprint density at radius 1 is 1.21 bits per heavy atom. The SMILES string of the molecule is O=C(O)CCCCCCN1C(=O)C[C@@H]1c1ccc2c(c1)CCC2O. The lowest BCUT2D eigenvalue weighted by Crippen LogP contribution is -2.46. The van der Waals surface area contributed by atoms with Gasteiger partial charge in [-0.1, -0.05) is 31.0 Å². The number of nitrogens with zero attached hydrogens (tertiary/aromatic N) is 1. The number of rotatable bonds is 8. The van der Waals surface area contributed by atoms with Crippen LogP contribution < -0.4 is 0 Å². The van der Waals surface area contributed by atoms with Crippen molar-refractivity contribution in [2.45, 2.75) is 63.5 Å². The number of hydrogen-bond acceptors (Lipinski definition) is 3. The van der Waals surface area contributed by atoms with E-state index in [4.69, 9.17) is 5.11 Å². The van der Waals surface area contributed by atoms with Crippen molar-refractivity contribution in [3.05, 3.63) is 34.9 Å². The van der Waals surface area contributed by atoms with Gasteiger partial charge in [-0.15, -0.1) is 0 Å². The monoisotopic (exact) mass is 331 g/mol. The van der Waals surface area contributed by atoms with Gasteiger partial charge in [0.05, 0.1) is 18.6 Å². The van der Waals surface area contributed by atoms with E-state index in [9.17, 15) is 14.7 Å². The summed E-state index contributed by atoms with van der Waals surface area (Å²) >= 11 is 0. The predicted octanol–water partition coefficient (Wildman–Crippen LogP) is 2.97. The molecule has 0 saturated carbocycles. The predicted molar refractivity (Wildman–Crippen MR) is 89.5 cm³/mol. The van der Waals surface area contributed by atoms with E-state index in [-0.39, 0.29) is 24.5 Å². The zero-order valence-electron chi connectivity index (χ0n) is 13.9. The van der Waals surface area contributed by atoms with Crippen molar-refractivity contribution < 1.29 is 19.8 Å². The molecule has 130 valence electrons. The number of carbonyl (C=O) groups excluding carboxylic acids is 1. The summed E-state index contributed by atoms with van der Waals surface area (Å²) in [6.07, 6.45) is 5.66. The zero-order valence-corrected chi connectivity index (χ0v) is 13.9. The highest BCUT2D eigenvalue weighted by atomic mass is 16.4. The molecule has 0 bridgehead atoms. The zero-order chi connectivity index (χ0) is 17.1. The minimum Gasteiger partial charge on any atom is -0.481 e. The van der Waals surface area contributed by atoms with Gasteiger partial charge in [-0.05, 0) is 42.4 Å². The molecule has 1 amide bonds. The van der Waals surface area contributed by atoms with Crippen molar-refractivity contribution in [3.8, 4) is 0 Å². The number of hydrogen-bond donors (Lipinski definition) is 2. The number of carbonyl (C=O) groups is 2. The van der Waals surface area contributed by atoms with Crippen LogP contribution >= 0.6 is 0 Å². The first kappa shape index (κ1) is 17.0. The van der Waals surface area contributed by atoms with Gasteiger partial charge in [0.25, 0.3) is 0 Å². The fraction of sp³-hybridized carbons (Fsp3) is 0.579. The molecule has 24 heavy (non-hydrogen) atoms. The highest BCUT2D eigenvalue weighted by Gasteiger charge is 2.37. The van der Waals surface area contributed by atoms with Crippen LogP contribution in [0.3, 0.4) is 0 Å². The number of unbranched alkanes of at least 4 members (excludes halogenated alkanes) is 3. The molecule has 1 aromatic carbocycles. The Balaban J connectivity index is 1.50. The molecule has 5 heteroatoms. The average Bonchev–Trinajstić information content (AvgIpc) is 2.92. The topological polar surface area (TPSA) is 77.8 Å². The second-order valence-electron chi connectivity index (χ2n) is 6.88. The fourth-order valence-electron chi connectivity index (χ4n) is 3.77. The van der Waals surface area contributed by atoms with E-state index < -0.39 is 5.97 Å². The highest BCUT2D eigenvalue weighted by Crippen LogP contribution is 2.38. The van der Waals surface area contributed by atoms with E-state index in [1.165, 1.54) is 11.1 Å². The number of amides is 1. The molecule has 2 atom stereocenters. The number of fused-ring (bicyclic) bond motifs is 1. The average molecular weight is 331 g/mol. The van der Waals surface area contributed by atoms with Crippen molar-refractivity contribution in [1.82, 2.24) is 4.90 Å². The molecular weight excluding hydrogens is 306 g/mol. The molecule has 0 spiro atoms. The molecule has 1 saturated heterocycles. The van der Waals surface area contributed by atoms with Crippen LogP contribution in [-0.2, 0) is 16.0 Å². The van der Waals surface area contributed by atoms with E-state index in [0.29, 0.717) is 12.8 Å². The molecule has 3 rings (SSSR count). The molecule has 0 radical (unpaired) electrons. The summed E-state index contributed by atoms with van der Waals surface area (Å²) in [6, 6.07) is 6.38. The second kappa shape index (κ2) is 7.34. The van der Waals surface area contributed by atoms with Crippen molar-refractivity contribution in [2.75, 3.05) is 6.54 Å². The maximum Gasteiger partial charge on any atom is 0.303 e. The third kappa shape index (κ3) is 3.61. The number of aryl methyl sites for hydroxylation is 1. The van der Waals surface area contributed by atoms with Gasteiger partial charge in [-0.2, -0.15) is 0 Å². The first-order chi connectivity index (χ1) is 11.6. The third-order valence-corrected chi connectivity index (χ3v) is 5.20. The first-order valence-electron chi connectivity index (χ1n) is 8.88. The highest BCUT2D eigenvalue weighted by molar-refractivity contribution is 5.83. The van der Waals surface area contributed by atoms with Crippen LogP contribution in [0.4, 0.5) is 0 Å². The molecule has 1 aliphatic heterocycles. The lowest BCUT2D eigenvalue weighted by atomic mass is 9.91. The van der Waals surface area contributed by atoms with Crippen LogP contribution in [0.5, 0.6) is 0 Å². The van der Waals surface area contributed by atoms with Crippen LogP contribution in [0.25, 0.3) is 0 Å². The molecule has 1 unspecified atom stereocenters. The number of likely N-dealkylation sites (tertiary alicyclic amines) is 1. The summed E-state index contributed by atoms with van der Waals surface area (Å²) in [5.74, 6) is -0.541. The van der Waals surface area contributed by atoms with E-state index >= 15 is 0 Å². The molecule has 1 fully saturated rings. The van der Waals surface area contributed by atoms with Crippen molar-refractivity contribution in [1.29, 1.82) is 0 Å². The Labute approximate surface area is 142 Å². The molecule has 1 aliphatic carbocycles. The maximum atomic E-state index is 11.9. The largest absolute Gasteiger partial charge is 0.481 e. The van der Waals surface area contributed by atoms with Gasteiger partial charge in [0.15, 0.2) is 0 Å². The minimum absolute atomic E-state index is 0.166. The number of aliphatic hydroxyl groups is 1. The Morgan fingerprint density at radius 3 is 2.75 bits per heavy atom. The maximum absolute atomic E-state index is 11.9. The molecule has 5 nitrogen and oxygen atoms in total. The Bertz CT molecular complexity index is 628. The second-order valence-corrected chi connectivity index (χ2v) is 6.88. The Kier molecular flexibility index (Phi) is 5.19. The lowest BCUT2D eigenvalue weighted by Gasteiger charge is -2.41. The summed E-state index contributed by atoms with van der Waals surface area (Å²) in [4.78, 5) is 24.3. The lowest BCUT2D eigenvalue weighted by molar-refractivity contribution is -0.146. The molecular formula is C19H25NO4. The van der Waals surface area contributed by atoms with Gasteiger partial charge in [0, 0.05) is 13.0 Å². The number of aliphatic hydroxyl groups excluding tert-OH is 1. The molecule has 0 aromatic heterocycles. The summed E-state index contributed by atoms with van der Waals surface area (Å²) in [5.41, 5.74) is 3.43. The van der Waals surface area contributed by atoms with Gasteiger partial charge in [0.1, 0.15) is 0 Å². The van der Waals surface area contributed by atoms with Crippen LogP contribution in [0, 0.1) is 0 Å². The standard InChI is InChI=1S/C19H25NO4/c21-17-9-7-13-11-14(6-8-15(13)17)16-12-18(22)20(16)10-4-2-1-3-5-19(23)24/h6,8,11,16-17,21H,1-5,7,9-10,12H2,(H,23,24)/t16-,17?/m1/s1. The number of aliphatic carboxylic acids is 1. The summed E-state index contributed by atoms with van der Waals surface area (Å²) in [6.45, 7) is 0.746. The number of carboxylic acids is 1. The van der Waals surface area contributed by atoms with Crippen LogP contribution in [-0.4, -0.2) is 33.5 Å². The van der Waals surface area contributed by atoms with Crippen molar-refractivity contribution in [2.24, 2.45) is 0 Å². The fourth-order valence-corrected chi connectivity index (χ4v) is 3.77. The minimum atomic E-state index is -0.741. The van der Waals surface area contributed by atoms with Crippen molar-refractivity contribution in [3.63, 3.8) is 0 Å². The van der Waals surface area contributed by atoms with E-state index in [1.807, 2.05) is 17.0 Å². The van der Waals surface area contributed by atoms with E-state index in [2.05, 4.69) is 6.07 Å². The number of benzene rings is 1. The summed E-state index contributed by atoms with van der Waals surface area (Å²) < 4.78 is 0. The quantitative estimate of drug-likeness (QED) is 0.567.